The molecule has 2 rings (SSSR count). The van der Waals surface area contributed by atoms with Gasteiger partial charge in [0, 0.05) is 24.2 Å². The van der Waals surface area contributed by atoms with Crippen LogP contribution in [0, 0.1) is 17.2 Å². The molecule has 0 spiro atoms. The number of nitriles is 1. The topological polar surface area (TPSA) is 39.9 Å². The van der Waals surface area contributed by atoms with Gasteiger partial charge in [0.15, 0.2) is 5.13 Å². The van der Waals surface area contributed by atoms with Crippen molar-refractivity contribution in [2.75, 3.05) is 18.0 Å². The minimum Gasteiger partial charge on any atom is -0.348 e. The maximum absolute atomic E-state index is 8.60. The van der Waals surface area contributed by atoms with Crippen LogP contribution in [-0.2, 0) is 6.42 Å². The number of thiazole rings is 1. The van der Waals surface area contributed by atoms with Crippen molar-refractivity contribution in [2.24, 2.45) is 5.92 Å². The molecule has 0 bridgehead atoms. The van der Waals surface area contributed by atoms with E-state index in [1.165, 1.54) is 12.8 Å². The molecule has 1 aromatic rings. The standard InChI is InChI=1S/C11H15N3S/c1-9-3-2-6-14(8-9)11-13-7-10(15-11)4-5-12/h7,9H,2-4,6,8H2,1H3. The Kier molecular flexibility index (Phi) is 3.22. The average Bonchev–Trinajstić information content (AvgIpc) is 2.67. The second-order valence-corrected chi connectivity index (χ2v) is 5.23. The summed E-state index contributed by atoms with van der Waals surface area (Å²) in [4.78, 5) is 7.81. The lowest BCUT2D eigenvalue weighted by Crippen LogP contribution is -2.34. The van der Waals surface area contributed by atoms with Crippen LogP contribution in [0.1, 0.15) is 24.6 Å². The summed E-state index contributed by atoms with van der Waals surface area (Å²) < 4.78 is 0. The molecule has 0 aliphatic carbocycles. The van der Waals surface area contributed by atoms with Crippen LogP contribution >= 0.6 is 11.3 Å². The largest absolute Gasteiger partial charge is 0.348 e. The second-order valence-electron chi connectivity index (χ2n) is 4.14. The van der Waals surface area contributed by atoms with Crippen LogP contribution in [0.25, 0.3) is 0 Å². The van der Waals surface area contributed by atoms with E-state index in [2.05, 4.69) is 22.9 Å². The van der Waals surface area contributed by atoms with Gasteiger partial charge in [-0.3, -0.25) is 0 Å². The fourth-order valence-corrected chi connectivity index (χ4v) is 2.84. The number of rotatable bonds is 2. The van der Waals surface area contributed by atoms with E-state index < -0.39 is 0 Å². The summed E-state index contributed by atoms with van der Waals surface area (Å²) >= 11 is 1.66. The number of nitrogens with zero attached hydrogens (tertiary/aromatic N) is 3. The van der Waals surface area contributed by atoms with Crippen LogP contribution in [0.4, 0.5) is 5.13 Å². The van der Waals surface area contributed by atoms with E-state index in [1.807, 2.05) is 6.20 Å². The second kappa shape index (κ2) is 4.63. The number of piperidine rings is 1. The predicted molar refractivity (Wildman–Crippen MR) is 62.0 cm³/mol. The molecular formula is C11H15N3S. The number of anilines is 1. The monoisotopic (exact) mass is 221 g/mol. The molecule has 0 saturated carbocycles. The fourth-order valence-electron chi connectivity index (χ4n) is 1.97. The molecule has 0 aromatic carbocycles. The molecule has 15 heavy (non-hydrogen) atoms. The highest BCUT2D eigenvalue weighted by atomic mass is 32.1. The summed E-state index contributed by atoms with van der Waals surface area (Å²) in [5.41, 5.74) is 0. The summed E-state index contributed by atoms with van der Waals surface area (Å²) in [5.74, 6) is 0.766. The molecule has 1 unspecified atom stereocenters. The molecular weight excluding hydrogens is 206 g/mol. The smallest absolute Gasteiger partial charge is 0.185 e. The quantitative estimate of drug-likeness (QED) is 0.770. The Hall–Kier alpha value is -1.08. The molecule has 1 aromatic heterocycles. The molecule has 80 valence electrons. The van der Waals surface area contributed by atoms with Crippen LogP contribution in [-0.4, -0.2) is 18.1 Å². The van der Waals surface area contributed by atoms with Crippen LogP contribution in [0.15, 0.2) is 6.20 Å². The predicted octanol–water partition coefficient (Wildman–Crippen LogP) is 2.45. The summed E-state index contributed by atoms with van der Waals surface area (Å²) in [6.07, 6.45) is 4.91. The molecule has 0 amide bonds. The van der Waals surface area contributed by atoms with Gasteiger partial charge < -0.3 is 4.90 Å². The lowest BCUT2D eigenvalue weighted by Gasteiger charge is -2.30. The number of hydrogen-bond donors (Lipinski definition) is 0. The molecule has 1 aliphatic rings. The van der Waals surface area contributed by atoms with E-state index in [1.54, 1.807) is 11.3 Å². The normalized spacial score (nSPS) is 21.3. The minimum atomic E-state index is 0.487. The minimum absolute atomic E-state index is 0.487. The molecule has 0 radical (unpaired) electrons. The maximum atomic E-state index is 8.60. The Bertz CT molecular complexity index is 366. The van der Waals surface area contributed by atoms with Crippen molar-refractivity contribution in [2.45, 2.75) is 26.2 Å². The summed E-state index contributed by atoms with van der Waals surface area (Å²) in [6.45, 7) is 4.51. The lowest BCUT2D eigenvalue weighted by atomic mass is 10.0. The highest BCUT2D eigenvalue weighted by molar-refractivity contribution is 7.15. The first-order valence-electron chi connectivity index (χ1n) is 5.36. The molecule has 0 N–H and O–H groups in total. The Balaban J connectivity index is 2.05. The summed E-state index contributed by atoms with van der Waals surface area (Å²) in [6, 6.07) is 2.16. The highest BCUT2D eigenvalue weighted by Crippen LogP contribution is 2.27. The Labute approximate surface area is 94.4 Å². The lowest BCUT2D eigenvalue weighted by molar-refractivity contribution is 0.446. The van der Waals surface area contributed by atoms with Gasteiger partial charge in [-0.2, -0.15) is 5.26 Å². The van der Waals surface area contributed by atoms with Crippen LogP contribution in [0.3, 0.4) is 0 Å². The first kappa shape index (κ1) is 10.4. The molecule has 3 nitrogen and oxygen atoms in total. The van der Waals surface area contributed by atoms with Gasteiger partial charge in [-0.15, -0.1) is 11.3 Å². The van der Waals surface area contributed by atoms with Crippen molar-refractivity contribution < 1.29 is 0 Å². The van der Waals surface area contributed by atoms with E-state index >= 15 is 0 Å². The van der Waals surface area contributed by atoms with Crippen molar-refractivity contribution >= 4 is 16.5 Å². The van der Waals surface area contributed by atoms with Gasteiger partial charge in [-0.1, -0.05) is 6.92 Å². The molecule has 4 heteroatoms. The summed E-state index contributed by atoms with van der Waals surface area (Å²) in [7, 11) is 0. The zero-order valence-electron chi connectivity index (χ0n) is 8.94. The van der Waals surface area contributed by atoms with E-state index in [-0.39, 0.29) is 0 Å². The SMILES string of the molecule is CC1CCCN(c2ncc(CC#N)s2)C1. The van der Waals surface area contributed by atoms with Gasteiger partial charge in [0.1, 0.15) is 0 Å². The zero-order chi connectivity index (χ0) is 10.7. The number of hydrogen-bond acceptors (Lipinski definition) is 4. The van der Waals surface area contributed by atoms with Crippen LogP contribution in [0.5, 0.6) is 0 Å². The van der Waals surface area contributed by atoms with Crippen LogP contribution < -0.4 is 4.90 Å². The molecule has 1 fully saturated rings. The van der Waals surface area contributed by atoms with Gasteiger partial charge in [0.2, 0.25) is 0 Å². The van der Waals surface area contributed by atoms with Crippen LogP contribution in [0.2, 0.25) is 0 Å². The third kappa shape index (κ3) is 2.48. The zero-order valence-corrected chi connectivity index (χ0v) is 9.76. The van der Waals surface area contributed by atoms with Crippen molar-refractivity contribution in [3.05, 3.63) is 11.1 Å². The van der Waals surface area contributed by atoms with Gasteiger partial charge in [-0.05, 0) is 18.8 Å². The fraction of sp³-hybridized carbons (Fsp3) is 0.636. The Morgan fingerprint density at radius 1 is 1.73 bits per heavy atom. The third-order valence-corrected chi connectivity index (χ3v) is 3.78. The van der Waals surface area contributed by atoms with Gasteiger partial charge in [0.05, 0.1) is 12.5 Å². The highest BCUT2D eigenvalue weighted by Gasteiger charge is 2.18. The first-order valence-corrected chi connectivity index (χ1v) is 6.18. The van der Waals surface area contributed by atoms with Gasteiger partial charge in [0.25, 0.3) is 0 Å². The molecule has 1 atom stereocenters. The molecule has 1 saturated heterocycles. The third-order valence-electron chi connectivity index (χ3n) is 2.72. The van der Waals surface area contributed by atoms with Crippen molar-refractivity contribution in [3.63, 3.8) is 0 Å². The average molecular weight is 221 g/mol. The molecule has 1 aliphatic heterocycles. The van der Waals surface area contributed by atoms with Crippen molar-refractivity contribution in [1.29, 1.82) is 5.26 Å². The van der Waals surface area contributed by atoms with E-state index in [0.717, 1.165) is 29.0 Å². The van der Waals surface area contributed by atoms with E-state index in [9.17, 15) is 0 Å². The summed E-state index contributed by atoms with van der Waals surface area (Å²) in [5, 5.41) is 9.69. The van der Waals surface area contributed by atoms with Crippen molar-refractivity contribution in [1.82, 2.24) is 4.98 Å². The van der Waals surface area contributed by atoms with Crippen molar-refractivity contribution in [3.8, 4) is 6.07 Å². The maximum Gasteiger partial charge on any atom is 0.185 e. The number of aromatic nitrogens is 1. The van der Waals surface area contributed by atoms with Gasteiger partial charge >= 0.3 is 0 Å². The van der Waals surface area contributed by atoms with E-state index in [0.29, 0.717) is 6.42 Å². The van der Waals surface area contributed by atoms with E-state index in [4.69, 9.17) is 5.26 Å². The molecule has 2 heterocycles. The first-order chi connectivity index (χ1) is 7.29. The van der Waals surface area contributed by atoms with Gasteiger partial charge in [-0.25, -0.2) is 4.98 Å². The Morgan fingerprint density at radius 3 is 3.33 bits per heavy atom. The Morgan fingerprint density at radius 2 is 2.60 bits per heavy atom.